The molecule has 1 saturated heterocycles. The van der Waals surface area contributed by atoms with Crippen molar-refractivity contribution in [1.82, 2.24) is 9.88 Å². The fourth-order valence-electron chi connectivity index (χ4n) is 4.90. The molecule has 3 aromatic rings. The molecule has 5 rings (SSSR count). The van der Waals surface area contributed by atoms with Crippen LogP contribution in [0.25, 0.3) is 10.2 Å². The molecule has 0 spiro atoms. The van der Waals surface area contributed by atoms with Gasteiger partial charge in [0.05, 0.1) is 22.7 Å². The predicted octanol–water partition coefficient (Wildman–Crippen LogP) is 5.44. The Morgan fingerprint density at radius 1 is 1.24 bits per heavy atom. The molecule has 0 bridgehead atoms. The molecular weight excluding hydrogens is 434 g/mol. The van der Waals surface area contributed by atoms with Gasteiger partial charge in [-0.05, 0) is 81.7 Å². The number of esters is 1. The van der Waals surface area contributed by atoms with E-state index < -0.39 is 0 Å². The van der Waals surface area contributed by atoms with Gasteiger partial charge in [-0.15, -0.1) is 0 Å². The number of rotatable bonds is 7. The lowest BCUT2D eigenvalue weighted by atomic mass is 9.81. The first-order valence-electron chi connectivity index (χ1n) is 11.8. The highest BCUT2D eigenvalue weighted by Crippen LogP contribution is 2.42. The smallest absolute Gasteiger partial charge is 0.309 e. The van der Waals surface area contributed by atoms with Crippen molar-refractivity contribution >= 4 is 33.2 Å². The van der Waals surface area contributed by atoms with Crippen LogP contribution in [0.5, 0.6) is 10.9 Å². The van der Waals surface area contributed by atoms with Gasteiger partial charge in [-0.25, -0.2) is 4.98 Å². The lowest BCUT2D eigenvalue weighted by Crippen LogP contribution is -2.39. The minimum Gasteiger partial charge on any atom is -0.466 e. The Labute approximate surface area is 198 Å². The largest absolute Gasteiger partial charge is 0.466 e. The van der Waals surface area contributed by atoms with E-state index in [-0.39, 0.29) is 17.3 Å². The number of carbonyl (C=O) groups is 1. The summed E-state index contributed by atoms with van der Waals surface area (Å²) in [6.45, 7) is 8.54. The van der Waals surface area contributed by atoms with Crippen LogP contribution in [0.1, 0.15) is 38.7 Å². The van der Waals surface area contributed by atoms with Crippen molar-refractivity contribution in [3.63, 3.8) is 0 Å². The number of benzene rings is 2. The number of likely N-dealkylation sites (tertiary alicyclic amines) is 1. The molecule has 6 nitrogen and oxygen atoms in total. The number of aromatic nitrogens is 1. The quantitative estimate of drug-likeness (QED) is 0.469. The zero-order valence-corrected chi connectivity index (χ0v) is 20.1. The molecular formula is C26H31N3O3S. The molecule has 2 aromatic carbocycles. The van der Waals surface area contributed by atoms with Gasteiger partial charge in [0.25, 0.3) is 5.19 Å². The maximum Gasteiger partial charge on any atom is 0.309 e. The van der Waals surface area contributed by atoms with Gasteiger partial charge in [0, 0.05) is 17.6 Å². The van der Waals surface area contributed by atoms with Crippen LogP contribution < -0.4 is 10.1 Å². The van der Waals surface area contributed by atoms with Gasteiger partial charge in [0.1, 0.15) is 5.75 Å². The molecule has 7 heteroatoms. The van der Waals surface area contributed by atoms with Gasteiger partial charge < -0.3 is 19.7 Å². The van der Waals surface area contributed by atoms with Crippen LogP contribution in [0.15, 0.2) is 42.5 Å². The van der Waals surface area contributed by atoms with Gasteiger partial charge in [-0.1, -0.05) is 30.4 Å². The van der Waals surface area contributed by atoms with Crippen LogP contribution in [-0.2, 0) is 14.9 Å². The average Bonchev–Trinajstić information content (AvgIpc) is 3.39. The van der Waals surface area contributed by atoms with Gasteiger partial charge in [0.15, 0.2) is 0 Å². The van der Waals surface area contributed by atoms with Gasteiger partial charge in [-0.2, -0.15) is 0 Å². The van der Waals surface area contributed by atoms with Crippen molar-refractivity contribution < 1.29 is 14.3 Å². The number of hydrogen-bond donors (Lipinski definition) is 1. The third-order valence-electron chi connectivity index (χ3n) is 6.98. The van der Waals surface area contributed by atoms with E-state index in [9.17, 15) is 4.79 Å². The molecule has 1 unspecified atom stereocenters. The summed E-state index contributed by atoms with van der Waals surface area (Å²) in [5, 5.41) is 4.25. The zero-order chi connectivity index (χ0) is 22.8. The highest BCUT2D eigenvalue weighted by atomic mass is 32.1. The van der Waals surface area contributed by atoms with Crippen LogP contribution in [0.3, 0.4) is 0 Å². The Bertz CT molecular complexity index is 1110. The molecule has 1 aromatic heterocycles. The number of carbonyl (C=O) groups excluding carboxylic acids is 1. The number of hydrogen-bond acceptors (Lipinski definition) is 7. The lowest BCUT2D eigenvalue weighted by Gasteiger charge is -2.33. The third-order valence-corrected chi connectivity index (χ3v) is 7.89. The Morgan fingerprint density at radius 3 is 2.85 bits per heavy atom. The summed E-state index contributed by atoms with van der Waals surface area (Å²) < 4.78 is 12.5. The molecule has 33 heavy (non-hydrogen) atoms. The van der Waals surface area contributed by atoms with E-state index in [1.807, 2.05) is 31.2 Å². The number of ether oxygens (including phenoxy) is 2. The van der Waals surface area contributed by atoms with Gasteiger partial charge in [0.2, 0.25) is 0 Å². The predicted molar refractivity (Wildman–Crippen MR) is 132 cm³/mol. The lowest BCUT2D eigenvalue weighted by molar-refractivity contribution is -0.149. The standard InChI is InChI=1S/C26H31N3O3S/c1-3-31-24(30)18-10-13-29(14-11-18)15-12-26(2)17-27-21-9-8-19(16-20(21)26)32-25-28-22-6-4-5-7-23(22)33-25/h4-9,16,18,27H,3,10-15,17H2,1-2H3. The summed E-state index contributed by atoms with van der Waals surface area (Å²) in [6.07, 6.45) is 2.84. The van der Waals surface area contributed by atoms with Crippen molar-refractivity contribution in [3.8, 4) is 10.9 Å². The number of nitrogens with zero attached hydrogens (tertiary/aromatic N) is 2. The van der Waals surface area contributed by atoms with E-state index in [1.165, 1.54) is 11.3 Å². The zero-order valence-electron chi connectivity index (χ0n) is 19.3. The first kappa shape index (κ1) is 22.2. The van der Waals surface area contributed by atoms with Crippen molar-refractivity contribution in [2.75, 3.05) is 38.1 Å². The Kier molecular flexibility index (Phi) is 6.25. The van der Waals surface area contributed by atoms with E-state index in [0.717, 1.165) is 61.4 Å². The Hall–Kier alpha value is -2.64. The third kappa shape index (κ3) is 4.70. The molecule has 1 fully saturated rings. The van der Waals surface area contributed by atoms with E-state index in [2.05, 4.69) is 40.3 Å². The maximum atomic E-state index is 12.0. The maximum absolute atomic E-state index is 12.0. The molecule has 3 heterocycles. The second kappa shape index (κ2) is 9.31. The minimum atomic E-state index is -0.0290. The normalized spacial score (nSPS) is 21.0. The van der Waals surface area contributed by atoms with Crippen LogP contribution in [0.2, 0.25) is 0 Å². The van der Waals surface area contributed by atoms with Crippen LogP contribution in [0.4, 0.5) is 5.69 Å². The molecule has 0 radical (unpaired) electrons. The summed E-state index contributed by atoms with van der Waals surface area (Å²) in [6, 6.07) is 14.4. The summed E-state index contributed by atoms with van der Waals surface area (Å²) in [4.78, 5) is 19.1. The summed E-state index contributed by atoms with van der Waals surface area (Å²) in [5.41, 5.74) is 3.51. The number of piperidine rings is 1. The first-order valence-corrected chi connectivity index (χ1v) is 12.7. The van der Waals surface area contributed by atoms with Gasteiger partial charge in [-0.3, -0.25) is 4.79 Å². The Morgan fingerprint density at radius 2 is 2.06 bits per heavy atom. The van der Waals surface area contributed by atoms with Crippen LogP contribution in [0, 0.1) is 5.92 Å². The van der Waals surface area contributed by atoms with Crippen LogP contribution >= 0.6 is 11.3 Å². The second-order valence-corrected chi connectivity index (χ2v) is 10.3. The number of anilines is 1. The molecule has 2 aliphatic heterocycles. The van der Waals surface area contributed by atoms with Crippen molar-refractivity contribution in [2.45, 2.75) is 38.5 Å². The summed E-state index contributed by atoms with van der Waals surface area (Å²) in [5.74, 6) is 0.865. The molecule has 0 amide bonds. The fourth-order valence-corrected chi connectivity index (χ4v) is 5.74. The van der Waals surface area contributed by atoms with Crippen molar-refractivity contribution in [2.24, 2.45) is 5.92 Å². The number of para-hydroxylation sites is 1. The summed E-state index contributed by atoms with van der Waals surface area (Å²) in [7, 11) is 0. The summed E-state index contributed by atoms with van der Waals surface area (Å²) >= 11 is 1.57. The molecule has 1 N–H and O–H groups in total. The number of nitrogens with one attached hydrogen (secondary N) is 1. The van der Waals surface area contributed by atoms with E-state index in [4.69, 9.17) is 9.47 Å². The average molecular weight is 466 g/mol. The van der Waals surface area contributed by atoms with Crippen molar-refractivity contribution in [3.05, 3.63) is 48.0 Å². The van der Waals surface area contributed by atoms with E-state index in [0.29, 0.717) is 11.8 Å². The van der Waals surface area contributed by atoms with E-state index in [1.54, 1.807) is 11.3 Å². The second-order valence-electron chi connectivity index (χ2n) is 9.29. The number of fused-ring (bicyclic) bond motifs is 2. The van der Waals surface area contributed by atoms with Gasteiger partial charge >= 0.3 is 5.97 Å². The first-order chi connectivity index (χ1) is 16.0. The fraction of sp³-hybridized carbons (Fsp3) is 0.462. The monoisotopic (exact) mass is 465 g/mol. The minimum absolute atomic E-state index is 0.0290. The molecule has 174 valence electrons. The topological polar surface area (TPSA) is 63.7 Å². The molecule has 2 aliphatic rings. The molecule has 0 aliphatic carbocycles. The number of thiazole rings is 1. The molecule has 0 saturated carbocycles. The van der Waals surface area contributed by atoms with E-state index >= 15 is 0 Å². The van der Waals surface area contributed by atoms with Crippen molar-refractivity contribution in [1.29, 1.82) is 0 Å². The molecule has 1 atom stereocenters. The Balaban J connectivity index is 1.22. The highest BCUT2D eigenvalue weighted by molar-refractivity contribution is 7.20. The SMILES string of the molecule is CCOC(=O)C1CCN(CCC2(C)CNc3ccc(Oc4nc5ccccc5s4)cc32)CC1. The van der Waals surface area contributed by atoms with Crippen LogP contribution in [-0.4, -0.2) is 48.6 Å². The highest BCUT2D eigenvalue weighted by Gasteiger charge is 2.35.